The van der Waals surface area contributed by atoms with Gasteiger partial charge < -0.3 is 10.4 Å². The van der Waals surface area contributed by atoms with Crippen molar-refractivity contribution in [1.82, 2.24) is 4.98 Å². The van der Waals surface area contributed by atoms with Crippen LogP contribution in [0.15, 0.2) is 6.07 Å². The van der Waals surface area contributed by atoms with Gasteiger partial charge in [0.2, 0.25) is 0 Å². The molecule has 1 saturated carbocycles. The van der Waals surface area contributed by atoms with E-state index in [0.717, 1.165) is 23.7 Å². The standard InChI is InChI=1S/C14H20N2O2/c1-8-6-10(3)16-13(12(8)14(17)18)15-7-9(2)11-4-5-11/h6,9,11H,4-5,7H2,1-3H3,(H,15,16)(H,17,18). The van der Waals surface area contributed by atoms with Gasteiger partial charge in [-0.2, -0.15) is 0 Å². The van der Waals surface area contributed by atoms with E-state index in [9.17, 15) is 9.90 Å². The SMILES string of the molecule is Cc1cc(C)c(C(=O)O)c(NCC(C)C2CC2)n1. The van der Waals surface area contributed by atoms with Crippen LogP contribution in [0, 0.1) is 25.7 Å². The number of aromatic carboxylic acids is 1. The lowest BCUT2D eigenvalue weighted by Crippen LogP contribution is -2.17. The summed E-state index contributed by atoms with van der Waals surface area (Å²) in [6, 6.07) is 1.80. The van der Waals surface area contributed by atoms with E-state index >= 15 is 0 Å². The van der Waals surface area contributed by atoms with E-state index in [2.05, 4.69) is 17.2 Å². The summed E-state index contributed by atoms with van der Waals surface area (Å²) in [5.74, 6) is 0.972. The van der Waals surface area contributed by atoms with Crippen molar-refractivity contribution in [3.05, 3.63) is 22.9 Å². The monoisotopic (exact) mass is 248 g/mol. The fourth-order valence-electron chi connectivity index (χ4n) is 2.32. The zero-order valence-electron chi connectivity index (χ0n) is 11.2. The Morgan fingerprint density at radius 2 is 2.22 bits per heavy atom. The fourth-order valence-corrected chi connectivity index (χ4v) is 2.32. The van der Waals surface area contributed by atoms with Crippen molar-refractivity contribution in [2.75, 3.05) is 11.9 Å². The maximum Gasteiger partial charge on any atom is 0.339 e. The Morgan fingerprint density at radius 3 is 2.78 bits per heavy atom. The van der Waals surface area contributed by atoms with Crippen LogP contribution in [0.4, 0.5) is 5.82 Å². The Kier molecular flexibility index (Phi) is 3.55. The van der Waals surface area contributed by atoms with E-state index in [-0.39, 0.29) is 0 Å². The first-order valence-electron chi connectivity index (χ1n) is 6.44. The second kappa shape index (κ2) is 4.96. The summed E-state index contributed by atoms with van der Waals surface area (Å²) in [7, 11) is 0. The molecule has 1 aliphatic rings. The van der Waals surface area contributed by atoms with E-state index < -0.39 is 5.97 Å². The molecule has 1 aliphatic carbocycles. The summed E-state index contributed by atoms with van der Waals surface area (Å²) in [6.07, 6.45) is 2.60. The predicted octanol–water partition coefficient (Wildman–Crippen LogP) is 2.85. The number of hydrogen-bond donors (Lipinski definition) is 2. The average molecular weight is 248 g/mol. The molecule has 1 fully saturated rings. The highest BCUT2D eigenvalue weighted by atomic mass is 16.4. The van der Waals surface area contributed by atoms with Gasteiger partial charge in [-0.25, -0.2) is 9.78 Å². The van der Waals surface area contributed by atoms with E-state index in [1.807, 2.05) is 13.8 Å². The van der Waals surface area contributed by atoms with Crippen molar-refractivity contribution >= 4 is 11.8 Å². The van der Waals surface area contributed by atoms with Crippen molar-refractivity contribution in [3.8, 4) is 0 Å². The topological polar surface area (TPSA) is 62.2 Å². The largest absolute Gasteiger partial charge is 0.478 e. The number of aromatic nitrogens is 1. The average Bonchev–Trinajstić information content (AvgIpc) is 3.07. The minimum absolute atomic E-state index is 0.295. The minimum Gasteiger partial charge on any atom is -0.478 e. The van der Waals surface area contributed by atoms with Crippen LogP contribution >= 0.6 is 0 Å². The van der Waals surface area contributed by atoms with Crippen LogP contribution in [0.3, 0.4) is 0 Å². The number of carboxylic acids is 1. The van der Waals surface area contributed by atoms with Gasteiger partial charge in [0.15, 0.2) is 0 Å². The Balaban J connectivity index is 2.16. The zero-order valence-corrected chi connectivity index (χ0v) is 11.2. The van der Waals surface area contributed by atoms with E-state index in [1.165, 1.54) is 12.8 Å². The lowest BCUT2D eigenvalue weighted by Gasteiger charge is -2.15. The zero-order chi connectivity index (χ0) is 13.3. The third-order valence-electron chi connectivity index (χ3n) is 3.58. The third kappa shape index (κ3) is 2.81. The molecule has 1 aromatic heterocycles. The summed E-state index contributed by atoms with van der Waals surface area (Å²) in [5.41, 5.74) is 1.90. The maximum absolute atomic E-state index is 11.3. The molecular weight excluding hydrogens is 228 g/mol. The van der Waals surface area contributed by atoms with Crippen LogP contribution in [0.25, 0.3) is 0 Å². The number of anilines is 1. The van der Waals surface area contributed by atoms with Crippen LogP contribution in [0.2, 0.25) is 0 Å². The molecule has 0 radical (unpaired) electrons. The molecule has 1 unspecified atom stereocenters. The molecule has 2 rings (SSSR count). The number of nitrogens with zero attached hydrogens (tertiary/aromatic N) is 1. The first-order valence-corrected chi connectivity index (χ1v) is 6.44. The Morgan fingerprint density at radius 1 is 1.56 bits per heavy atom. The number of aryl methyl sites for hydroxylation is 2. The molecule has 0 aliphatic heterocycles. The molecule has 1 aromatic rings. The summed E-state index contributed by atoms with van der Waals surface area (Å²) >= 11 is 0. The highest BCUT2D eigenvalue weighted by Crippen LogP contribution is 2.36. The number of hydrogen-bond acceptors (Lipinski definition) is 3. The van der Waals surface area contributed by atoms with Crippen molar-refractivity contribution in [2.45, 2.75) is 33.6 Å². The normalized spacial score (nSPS) is 16.4. The molecular formula is C14H20N2O2. The number of rotatable bonds is 5. The lowest BCUT2D eigenvalue weighted by atomic mass is 10.1. The fraction of sp³-hybridized carbons (Fsp3) is 0.571. The summed E-state index contributed by atoms with van der Waals surface area (Å²) in [5, 5.41) is 12.4. The molecule has 4 nitrogen and oxygen atoms in total. The van der Waals surface area contributed by atoms with Crippen LogP contribution < -0.4 is 5.32 Å². The summed E-state index contributed by atoms with van der Waals surface area (Å²) in [6.45, 7) is 6.69. The molecule has 98 valence electrons. The smallest absolute Gasteiger partial charge is 0.339 e. The molecule has 0 amide bonds. The van der Waals surface area contributed by atoms with E-state index in [0.29, 0.717) is 17.3 Å². The number of carboxylic acid groups (broad SMARTS) is 1. The second-order valence-electron chi connectivity index (χ2n) is 5.30. The second-order valence-corrected chi connectivity index (χ2v) is 5.30. The van der Waals surface area contributed by atoms with Gasteiger partial charge in [-0.1, -0.05) is 6.92 Å². The Bertz CT molecular complexity index is 467. The molecule has 1 atom stereocenters. The summed E-state index contributed by atoms with van der Waals surface area (Å²) in [4.78, 5) is 15.6. The van der Waals surface area contributed by atoms with Gasteiger partial charge in [0.1, 0.15) is 11.4 Å². The summed E-state index contributed by atoms with van der Waals surface area (Å²) < 4.78 is 0. The van der Waals surface area contributed by atoms with Gasteiger partial charge in [-0.05, 0) is 50.2 Å². The van der Waals surface area contributed by atoms with Gasteiger partial charge in [-0.3, -0.25) is 0 Å². The lowest BCUT2D eigenvalue weighted by molar-refractivity contribution is 0.0697. The van der Waals surface area contributed by atoms with Gasteiger partial charge >= 0.3 is 5.97 Å². The molecule has 0 spiro atoms. The molecule has 0 bridgehead atoms. The first kappa shape index (κ1) is 12.9. The highest BCUT2D eigenvalue weighted by molar-refractivity contribution is 5.94. The van der Waals surface area contributed by atoms with Crippen LogP contribution in [0.5, 0.6) is 0 Å². The minimum atomic E-state index is -0.915. The number of pyridine rings is 1. The number of nitrogens with one attached hydrogen (secondary N) is 1. The van der Waals surface area contributed by atoms with Crippen molar-refractivity contribution in [1.29, 1.82) is 0 Å². The van der Waals surface area contributed by atoms with Gasteiger partial charge in [-0.15, -0.1) is 0 Å². The van der Waals surface area contributed by atoms with Crippen molar-refractivity contribution in [3.63, 3.8) is 0 Å². The van der Waals surface area contributed by atoms with E-state index in [4.69, 9.17) is 0 Å². The first-order chi connectivity index (χ1) is 8.49. The molecule has 1 heterocycles. The molecule has 0 saturated heterocycles. The van der Waals surface area contributed by atoms with Gasteiger partial charge in [0.05, 0.1) is 0 Å². The highest BCUT2D eigenvalue weighted by Gasteiger charge is 2.28. The predicted molar refractivity (Wildman–Crippen MR) is 71.0 cm³/mol. The van der Waals surface area contributed by atoms with Crippen molar-refractivity contribution < 1.29 is 9.90 Å². The van der Waals surface area contributed by atoms with Crippen LogP contribution in [0.1, 0.15) is 41.4 Å². The maximum atomic E-state index is 11.3. The van der Waals surface area contributed by atoms with Gasteiger partial charge in [0, 0.05) is 12.2 Å². The van der Waals surface area contributed by atoms with E-state index in [1.54, 1.807) is 6.07 Å². The Hall–Kier alpha value is -1.58. The molecule has 4 heteroatoms. The Labute approximate surface area is 107 Å². The molecule has 2 N–H and O–H groups in total. The van der Waals surface area contributed by atoms with Crippen molar-refractivity contribution in [2.24, 2.45) is 11.8 Å². The van der Waals surface area contributed by atoms with Crippen LogP contribution in [-0.4, -0.2) is 22.6 Å². The number of carbonyl (C=O) groups is 1. The molecule has 0 aromatic carbocycles. The van der Waals surface area contributed by atoms with Crippen LogP contribution in [-0.2, 0) is 0 Å². The quantitative estimate of drug-likeness (QED) is 0.841. The molecule has 18 heavy (non-hydrogen) atoms. The van der Waals surface area contributed by atoms with Gasteiger partial charge in [0.25, 0.3) is 0 Å². The third-order valence-corrected chi connectivity index (χ3v) is 3.58.